The number of carboxylic acid groups (broad SMARTS) is 1. The molecule has 0 fully saturated rings. The molecule has 4 rings (SSSR count). The largest absolute Gasteiger partial charge is 0.479 e. The van der Waals surface area contributed by atoms with Gasteiger partial charge in [-0.25, -0.2) is 13.2 Å². The topological polar surface area (TPSA) is 173 Å². The van der Waals surface area contributed by atoms with Gasteiger partial charge in [0.2, 0.25) is 5.54 Å². The number of aliphatic hydroxyl groups excluding tert-OH is 1. The lowest BCUT2D eigenvalue weighted by Crippen LogP contribution is -2.59. The quantitative estimate of drug-likeness (QED) is 0.171. The van der Waals surface area contributed by atoms with Gasteiger partial charge in [-0.15, -0.1) is 0 Å². The number of ketones is 1. The molecular weight excluding hydrogens is 587 g/mol. The number of halogens is 3. The number of rotatable bonds is 8. The normalized spacial score (nSPS) is 14.2. The summed E-state index contributed by atoms with van der Waals surface area (Å²) >= 11 is 18.7. The van der Waals surface area contributed by atoms with Crippen molar-refractivity contribution in [2.24, 2.45) is 5.73 Å². The number of aromatic nitrogens is 2. The second-order valence-corrected chi connectivity index (χ2v) is 11.2. The number of aliphatic carboxylic acids is 1. The van der Waals surface area contributed by atoms with Crippen LogP contribution in [-0.4, -0.2) is 44.7 Å². The zero-order valence-electron chi connectivity index (χ0n) is 18.2. The molecule has 4 aromatic rings. The average Bonchev–Trinajstić information content (AvgIpc) is 3.33. The fourth-order valence-corrected chi connectivity index (χ4v) is 5.82. The summed E-state index contributed by atoms with van der Waals surface area (Å²) in [5, 5.41) is 21.0. The van der Waals surface area contributed by atoms with E-state index in [9.17, 15) is 28.2 Å². The van der Waals surface area contributed by atoms with Gasteiger partial charge in [0.25, 0.3) is 10.0 Å². The number of nitrogens with two attached hydrogens (primary N) is 1. The van der Waals surface area contributed by atoms with Crippen molar-refractivity contribution in [2.45, 2.75) is 16.5 Å². The highest BCUT2D eigenvalue weighted by Gasteiger charge is 2.50. The zero-order chi connectivity index (χ0) is 27.1. The van der Waals surface area contributed by atoms with Crippen LogP contribution in [0.5, 0.6) is 0 Å². The van der Waals surface area contributed by atoms with Crippen LogP contribution in [0.1, 0.15) is 22.0 Å². The molecule has 0 aliphatic heterocycles. The summed E-state index contributed by atoms with van der Waals surface area (Å²) in [5.74, 6) is -3.18. The molecule has 15 heteroatoms. The molecule has 192 valence electrons. The average molecular weight is 602 g/mol. The number of nitrogens with one attached hydrogen (secondary N) is 1. The first-order valence-corrected chi connectivity index (χ1v) is 13.4. The third kappa shape index (κ3) is 5.01. The van der Waals surface area contributed by atoms with Crippen molar-refractivity contribution < 1.29 is 28.2 Å². The third-order valence-corrected chi connectivity index (χ3v) is 8.34. The Hall–Kier alpha value is -2.84. The van der Waals surface area contributed by atoms with E-state index in [1.165, 1.54) is 36.4 Å². The second-order valence-electron chi connectivity index (χ2n) is 7.76. The molecule has 37 heavy (non-hydrogen) atoms. The van der Waals surface area contributed by atoms with Gasteiger partial charge in [0.15, 0.2) is 5.78 Å². The highest BCUT2D eigenvalue weighted by atomic mass is 35.5. The molecule has 5 N–H and O–H groups in total. The Morgan fingerprint density at radius 3 is 2.43 bits per heavy atom. The minimum absolute atomic E-state index is 0.0101. The molecule has 0 bridgehead atoms. The van der Waals surface area contributed by atoms with E-state index in [1.807, 2.05) is 0 Å². The van der Waals surface area contributed by atoms with Crippen molar-refractivity contribution in [3.8, 4) is 0 Å². The minimum atomic E-state index is -4.37. The molecule has 10 nitrogen and oxygen atoms in total. The molecule has 0 aliphatic rings. The van der Waals surface area contributed by atoms with Crippen LogP contribution in [-0.2, 0) is 14.8 Å². The number of Topliss-reactive ketones (excluding diaryl/α,β-unsaturated/α-hetero) is 1. The van der Waals surface area contributed by atoms with Crippen LogP contribution in [0.3, 0.4) is 0 Å². The molecule has 0 radical (unpaired) electrons. The zero-order valence-corrected chi connectivity index (χ0v) is 22.1. The maximum absolute atomic E-state index is 13.6. The fraction of sp³-hybridized carbons (Fsp3) is 0.0909. The van der Waals surface area contributed by atoms with Gasteiger partial charge in [0.05, 0.1) is 27.5 Å². The molecule has 0 saturated heterocycles. The standard InChI is InChI=1S/C22H15Cl3N4O6S2/c23-11-5-6-12(16(9-11)29-37(34,35)17-3-1-2-15-18(17)28-36-27-15)20(31)22(26,21(32)33)19(30)10-4-7-13(24)14(25)8-10/h1-9,19,29-30H,26H2,(H,32,33). The van der Waals surface area contributed by atoms with Crippen molar-refractivity contribution >= 4 is 85.0 Å². The smallest absolute Gasteiger partial charge is 0.335 e. The minimum Gasteiger partial charge on any atom is -0.479 e. The third-order valence-electron chi connectivity index (χ3n) is 5.43. The number of carbonyl (C=O) groups excluding carboxylic acids is 1. The van der Waals surface area contributed by atoms with E-state index in [0.717, 1.165) is 23.9 Å². The van der Waals surface area contributed by atoms with E-state index in [1.54, 1.807) is 6.07 Å². The Morgan fingerprint density at radius 1 is 1.03 bits per heavy atom. The van der Waals surface area contributed by atoms with Gasteiger partial charge in [0.1, 0.15) is 22.0 Å². The molecular formula is C22H15Cl3N4O6S2. The fourth-order valence-electron chi connectivity index (χ4n) is 3.50. The molecule has 0 saturated carbocycles. The Morgan fingerprint density at radius 2 is 1.76 bits per heavy atom. The van der Waals surface area contributed by atoms with Crippen LogP contribution >= 0.6 is 46.5 Å². The lowest BCUT2D eigenvalue weighted by Gasteiger charge is -2.30. The number of nitrogens with zero attached hydrogens (tertiary/aromatic N) is 2. The molecule has 1 heterocycles. The number of hydrogen-bond donors (Lipinski definition) is 4. The monoisotopic (exact) mass is 600 g/mol. The number of carbonyl (C=O) groups is 2. The van der Waals surface area contributed by atoms with Gasteiger partial charge in [-0.1, -0.05) is 46.9 Å². The van der Waals surface area contributed by atoms with Crippen molar-refractivity contribution in [1.82, 2.24) is 8.75 Å². The van der Waals surface area contributed by atoms with E-state index in [2.05, 4.69) is 13.5 Å². The summed E-state index contributed by atoms with van der Waals surface area (Å²) in [6, 6.07) is 11.5. The van der Waals surface area contributed by atoms with Crippen LogP contribution in [0, 0.1) is 0 Å². The number of aliphatic hydroxyl groups is 1. The predicted molar refractivity (Wildman–Crippen MR) is 140 cm³/mol. The summed E-state index contributed by atoms with van der Waals surface area (Å²) in [5.41, 5.74) is 2.58. The second kappa shape index (κ2) is 10.1. The van der Waals surface area contributed by atoms with Crippen LogP contribution in [0.25, 0.3) is 11.0 Å². The number of carboxylic acids is 1. The van der Waals surface area contributed by atoms with E-state index in [0.29, 0.717) is 5.52 Å². The molecule has 0 aliphatic carbocycles. The highest BCUT2D eigenvalue weighted by Crippen LogP contribution is 2.35. The van der Waals surface area contributed by atoms with Crippen molar-refractivity contribution in [1.29, 1.82) is 0 Å². The highest BCUT2D eigenvalue weighted by molar-refractivity contribution is 7.93. The SMILES string of the molecule is NC(C(=O)O)(C(=O)c1ccc(Cl)cc1NS(=O)(=O)c1cccc2nsnc12)C(O)c1ccc(Cl)c(Cl)c1. The van der Waals surface area contributed by atoms with Crippen LogP contribution < -0.4 is 10.5 Å². The van der Waals surface area contributed by atoms with Crippen molar-refractivity contribution in [3.05, 3.63) is 80.8 Å². The Labute approximate surface area is 229 Å². The molecule has 3 aromatic carbocycles. The summed E-state index contributed by atoms with van der Waals surface area (Å²) in [4.78, 5) is 25.6. The first-order chi connectivity index (χ1) is 17.4. The van der Waals surface area contributed by atoms with Crippen LogP contribution in [0.4, 0.5) is 5.69 Å². The van der Waals surface area contributed by atoms with E-state index in [-0.39, 0.29) is 36.7 Å². The number of sulfonamides is 1. The van der Waals surface area contributed by atoms with E-state index >= 15 is 0 Å². The molecule has 2 unspecified atom stereocenters. The van der Waals surface area contributed by atoms with Gasteiger partial charge >= 0.3 is 5.97 Å². The Bertz CT molecular complexity index is 1660. The van der Waals surface area contributed by atoms with Gasteiger partial charge < -0.3 is 15.9 Å². The molecule has 1 aromatic heterocycles. The predicted octanol–water partition coefficient (Wildman–Crippen LogP) is 4.15. The molecule has 0 amide bonds. The van der Waals surface area contributed by atoms with Crippen molar-refractivity contribution in [3.63, 3.8) is 0 Å². The van der Waals surface area contributed by atoms with Gasteiger partial charge in [-0.3, -0.25) is 9.52 Å². The van der Waals surface area contributed by atoms with Crippen LogP contribution in [0.2, 0.25) is 15.1 Å². The lowest BCUT2D eigenvalue weighted by atomic mass is 9.81. The Balaban J connectivity index is 1.80. The molecule has 2 atom stereocenters. The number of anilines is 1. The van der Waals surface area contributed by atoms with Gasteiger partial charge in [0, 0.05) is 10.6 Å². The number of fused-ring (bicyclic) bond motifs is 1. The molecule has 0 spiro atoms. The summed E-state index contributed by atoms with van der Waals surface area (Å²) in [6.45, 7) is 0. The van der Waals surface area contributed by atoms with E-state index in [4.69, 9.17) is 40.5 Å². The first kappa shape index (κ1) is 27.2. The van der Waals surface area contributed by atoms with E-state index < -0.39 is 39.0 Å². The first-order valence-electron chi connectivity index (χ1n) is 10.1. The van der Waals surface area contributed by atoms with Gasteiger partial charge in [-0.05, 0) is 48.0 Å². The number of hydrogen-bond acceptors (Lipinski definition) is 9. The number of benzene rings is 3. The van der Waals surface area contributed by atoms with Crippen LogP contribution in [0.15, 0.2) is 59.5 Å². The summed E-state index contributed by atoms with van der Waals surface area (Å²) in [7, 11) is -4.37. The summed E-state index contributed by atoms with van der Waals surface area (Å²) < 4.78 is 36.8. The maximum Gasteiger partial charge on any atom is 0.335 e. The summed E-state index contributed by atoms with van der Waals surface area (Å²) in [6.07, 6.45) is -2.10. The van der Waals surface area contributed by atoms with Gasteiger partial charge in [-0.2, -0.15) is 8.75 Å². The van der Waals surface area contributed by atoms with Crippen molar-refractivity contribution in [2.75, 3.05) is 4.72 Å². The Kier molecular flexibility index (Phi) is 7.45. The maximum atomic E-state index is 13.6. The lowest BCUT2D eigenvalue weighted by molar-refractivity contribution is -0.145.